The van der Waals surface area contributed by atoms with Gasteiger partial charge in [-0.3, -0.25) is 9.78 Å². The van der Waals surface area contributed by atoms with E-state index in [9.17, 15) is 4.79 Å². The molecule has 2 aromatic carbocycles. The van der Waals surface area contributed by atoms with Gasteiger partial charge >= 0.3 is 0 Å². The predicted molar refractivity (Wildman–Crippen MR) is 155 cm³/mol. The van der Waals surface area contributed by atoms with Gasteiger partial charge in [0.1, 0.15) is 0 Å². The van der Waals surface area contributed by atoms with E-state index in [1.54, 1.807) is 6.20 Å². The number of benzene rings is 2. The van der Waals surface area contributed by atoms with Crippen LogP contribution in [0.1, 0.15) is 41.0 Å². The Labute approximate surface area is 230 Å². The SMILES string of the molecule is Cc1ccc(C)c(NC(=O)CCN2C(=S)N[C@@H](c3ccccn3)[C@H]2c2cccn2-c2ccc(Br)cc2)c1. The zero-order valence-electron chi connectivity index (χ0n) is 20.7. The number of halogens is 1. The van der Waals surface area contributed by atoms with Crippen LogP contribution in [0.25, 0.3) is 5.69 Å². The summed E-state index contributed by atoms with van der Waals surface area (Å²) in [7, 11) is 0. The Kier molecular flexibility index (Phi) is 7.39. The van der Waals surface area contributed by atoms with Crippen molar-refractivity contribution >= 4 is 44.9 Å². The summed E-state index contributed by atoms with van der Waals surface area (Å²) in [6, 6.07) is 24.0. The van der Waals surface area contributed by atoms with Crippen molar-refractivity contribution in [2.24, 2.45) is 0 Å². The summed E-state index contributed by atoms with van der Waals surface area (Å²) in [5.41, 5.74) is 6.02. The number of nitrogens with one attached hydrogen (secondary N) is 2. The minimum Gasteiger partial charge on any atom is -0.352 e. The van der Waals surface area contributed by atoms with Crippen LogP contribution < -0.4 is 10.6 Å². The molecule has 2 aromatic heterocycles. The summed E-state index contributed by atoms with van der Waals surface area (Å²) < 4.78 is 3.20. The van der Waals surface area contributed by atoms with Gasteiger partial charge in [-0.15, -0.1) is 0 Å². The lowest BCUT2D eigenvalue weighted by Crippen LogP contribution is -2.33. The number of carbonyl (C=O) groups is 1. The van der Waals surface area contributed by atoms with Crippen LogP contribution in [0.2, 0.25) is 0 Å². The second kappa shape index (κ2) is 10.9. The van der Waals surface area contributed by atoms with Gasteiger partial charge < -0.3 is 20.1 Å². The molecule has 0 bridgehead atoms. The van der Waals surface area contributed by atoms with Crippen molar-refractivity contribution in [3.8, 4) is 5.69 Å². The molecule has 1 aliphatic rings. The number of aryl methyl sites for hydroxylation is 2. The second-order valence-electron chi connectivity index (χ2n) is 9.22. The van der Waals surface area contributed by atoms with Crippen LogP contribution in [0.5, 0.6) is 0 Å². The normalized spacial score (nSPS) is 17.1. The van der Waals surface area contributed by atoms with Gasteiger partial charge in [-0.05, 0) is 91.8 Å². The highest BCUT2D eigenvalue weighted by Gasteiger charge is 2.41. The molecule has 0 unspecified atom stereocenters. The molecule has 1 amide bonds. The third-order valence-corrected chi connectivity index (χ3v) is 7.51. The van der Waals surface area contributed by atoms with Gasteiger partial charge in [0.05, 0.1) is 17.8 Å². The van der Waals surface area contributed by atoms with Crippen molar-refractivity contribution in [3.63, 3.8) is 0 Å². The van der Waals surface area contributed by atoms with Gasteiger partial charge in [-0.25, -0.2) is 0 Å². The largest absolute Gasteiger partial charge is 0.352 e. The lowest BCUT2D eigenvalue weighted by atomic mass is 10.0. The fourth-order valence-corrected chi connectivity index (χ4v) is 5.34. The molecule has 5 rings (SSSR count). The Balaban J connectivity index is 1.44. The first kappa shape index (κ1) is 25.2. The molecule has 1 aliphatic heterocycles. The summed E-state index contributed by atoms with van der Waals surface area (Å²) in [4.78, 5) is 19.7. The monoisotopic (exact) mass is 573 g/mol. The van der Waals surface area contributed by atoms with Crippen molar-refractivity contribution in [3.05, 3.63) is 112 Å². The number of aromatic nitrogens is 2. The van der Waals surface area contributed by atoms with Crippen molar-refractivity contribution in [1.82, 2.24) is 19.8 Å². The van der Waals surface area contributed by atoms with E-state index in [1.165, 1.54) is 0 Å². The van der Waals surface area contributed by atoms with Crippen LogP contribution in [-0.4, -0.2) is 32.0 Å². The Morgan fingerprint density at radius 1 is 1.08 bits per heavy atom. The van der Waals surface area contributed by atoms with Gasteiger partial charge in [-0.1, -0.05) is 34.1 Å². The number of thiocarbonyl (C=S) groups is 1. The molecule has 0 saturated carbocycles. The summed E-state index contributed by atoms with van der Waals surface area (Å²) in [6.07, 6.45) is 4.16. The highest BCUT2D eigenvalue weighted by Crippen LogP contribution is 2.39. The zero-order valence-corrected chi connectivity index (χ0v) is 23.1. The second-order valence-corrected chi connectivity index (χ2v) is 10.5. The first-order chi connectivity index (χ1) is 17.9. The molecule has 8 heteroatoms. The van der Waals surface area contributed by atoms with Crippen LogP contribution in [0.3, 0.4) is 0 Å². The summed E-state index contributed by atoms with van der Waals surface area (Å²) in [6.45, 7) is 4.49. The third-order valence-electron chi connectivity index (χ3n) is 6.63. The van der Waals surface area contributed by atoms with Crippen LogP contribution in [0.15, 0.2) is 89.7 Å². The molecular weight excluding hydrogens is 546 g/mol. The molecule has 188 valence electrons. The van der Waals surface area contributed by atoms with Crippen molar-refractivity contribution in [1.29, 1.82) is 0 Å². The maximum Gasteiger partial charge on any atom is 0.226 e. The number of hydrogen-bond acceptors (Lipinski definition) is 3. The molecular formula is C29H28BrN5OS. The molecule has 1 saturated heterocycles. The number of anilines is 1. The maximum absolute atomic E-state index is 13.0. The van der Waals surface area contributed by atoms with E-state index in [0.29, 0.717) is 18.1 Å². The lowest BCUT2D eigenvalue weighted by Gasteiger charge is -2.29. The fraction of sp³-hybridized carbons (Fsp3) is 0.207. The van der Waals surface area contributed by atoms with E-state index in [4.69, 9.17) is 12.2 Å². The molecule has 37 heavy (non-hydrogen) atoms. The average molecular weight is 575 g/mol. The van der Waals surface area contributed by atoms with E-state index >= 15 is 0 Å². The van der Waals surface area contributed by atoms with Crippen molar-refractivity contribution in [2.45, 2.75) is 32.4 Å². The molecule has 4 aromatic rings. The number of nitrogens with zero attached hydrogens (tertiary/aromatic N) is 3. The van der Waals surface area contributed by atoms with Crippen LogP contribution in [-0.2, 0) is 4.79 Å². The Bertz CT molecular complexity index is 1420. The van der Waals surface area contributed by atoms with Gasteiger partial charge in [-0.2, -0.15) is 0 Å². The number of rotatable bonds is 7. The molecule has 0 spiro atoms. The number of hydrogen-bond donors (Lipinski definition) is 2. The smallest absolute Gasteiger partial charge is 0.226 e. The molecule has 2 atom stereocenters. The molecule has 3 heterocycles. The van der Waals surface area contributed by atoms with E-state index in [1.807, 2.05) is 68.4 Å². The Morgan fingerprint density at radius 2 is 1.89 bits per heavy atom. The number of carbonyl (C=O) groups excluding carboxylic acids is 1. The maximum atomic E-state index is 13.0. The van der Waals surface area contributed by atoms with Crippen LogP contribution >= 0.6 is 28.1 Å². The van der Waals surface area contributed by atoms with Gasteiger partial charge in [0.15, 0.2) is 5.11 Å². The third kappa shape index (κ3) is 5.45. The minimum absolute atomic E-state index is 0.0418. The summed E-state index contributed by atoms with van der Waals surface area (Å²) in [5, 5.41) is 7.17. The average Bonchev–Trinajstić information content (AvgIpc) is 3.50. The Hall–Kier alpha value is -3.49. The van der Waals surface area contributed by atoms with E-state index in [-0.39, 0.29) is 18.0 Å². The lowest BCUT2D eigenvalue weighted by molar-refractivity contribution is -0.116. The highest BCUT2D eigenvalue weighted by molar-refractivity contribution is 9.10. The standard InChI is InChI=1S/C29H28BrN5OS/c1-19-8-9-20(2)24(18-19)32-26(36)14-17-35-28(27(33-29(35)37)23-6-3-4-15-31-23)25-7-5-16-34(25)22-12-10-21(30)11-13-22/h3-13,15-16,18,27-28H,14,17H2,1-2H3,(H,32,36)(H,33,37)/t27-,28+/m0/s1. The van der Waals surface area contributed by atoms with Gasteiger partial charge in [0.25, 0.3) is 0 Å². The van der Waals surface area contributed by atoms with Crippen LogP contribution in [0.4, 0.5) is 5.69 Å². The molecule has 0 aliphatic carbocycles. The highest BCUT2D eigenvalue weighted by atomic mass is 79.9. The summed E-state index contributed by atoms with van der Waals surface area (Å²) in [5.74, 6) is -0.0418. The fourth-order valence-electron chi connectivity index (χ4n) is 4.75. The first-order valence-electron chi connectivity index (χ1n) is 12.2. The van der Waals surface area contributed by atoms with E-state index in [2.05, 4.69) is 65.4 Å². The van der Waals surface area contributed by atoms with Crippen molar-refractivity contribution < 1.29 is 4.79 Å². The Morgan fingerprint density at radius 3 is 2.65 bits per heavy atom. The number of pyridine rings is 1. The molecule has 1 fully saturated rings. The molecule has 0 radical (unpaired) electrons. The van der Waals surface area contributed by atoms with Gasteiger partial charge in [0, 0.05) is 46.9 Å². The molecule has 6 nitrogen and oxygen atoms in total. The van der Waals surface area contributed by atoms with E-state index < -0.39 is 0 Å². The van der Waals surface area contributed by atoms with Crippen molar-refractivity contribution in [2.75, 3.05) is 11.9 Å². The van der Waals surface area contributed by atoms with E-state index in [0.717, 1.165) is 38.4 Å². The van der Waals surface area contributed by atoms with Crippen LogP contribution in [0, 0.1) is 13.8 Å². The predicted octanol–water partition coefficient (Wildman–Crippen LogP) is 6.25. The zero-order chi connectivity index (χ0) is 25.9. The first-order valence-corrected chi connectivity index (χ1v) is 13.4. The van der Waals surface area contributed by atoms with Gasteiger partial charge in [0.2, 0.25) is 5.91 Å². The summed E-state index contributed by atoms with van der Waals surface area (Å²) >= 11 is 9.33. The topological polar surface area (TPSA) is 62.2 Å². The molecule has 2 N–H and O–H groups in total. The minimum atomic E-state index is -0.153. The number of amides is 1. The quantitative estimate of drug-likeness (QED) is 0.256.